The number of fused-ring (bicyclic) bond motifs is 3. The highest BCUT2D eigenvalue weighted by Gasteiger charge is 2.21. The zero-order chi connectivity index (χ0) is 36.6. The molecular formula is C51H34N4. The van der Waals surface area contributed by atoms with Gasteiger partial charge in [-0.05, 0) is 58.0 Å². The van der Waals surface area contributed by atoms with Crippen LogP contribution in [0.2, 0.25) is 0 Å². The van der Waals surface area contributed by atoms with Gasteiger partial charge in [0, 0.05) is 33.0 Å². The van der Waals surface area contributed by atoms with E-state index in [9.17, 15) is 0 Å². The zero-order valence-corrected chi connectivity index (χ0v) is 29.9. The van der Waals surface area contributed by atoms with Crippen molar-refractivity contribution in [2.24, 2.45) is 0 Å². The molecule has 0 atom stereocenters. The number of hydrogen-bond donors (Lipinski definition) is 0. The zero-order valence-electron chi connectivity index (χ0n) is 29.9. The molecule has 0 amide bonds. The number of para-hydroxylation sites is 1. The van der Waals surface area contributed by atoms with Gasteiger partial charge in [0.2, 0.25) is 0 Å². The summed E-state index contributed by atoms with van der Waals surface area (Å²) in [6.07, 6.45) is 0. The smallest absolute Gasteiger partial charge is 0.160 e. The van der Waals surface area contributed by atoms with Crippen molar-refractivity contribution in [1.29, 1.82) is 0 Å². The second kappa shape index (κ2) is 13.8. The maximum atomic E-state index is 5.34. The number of nitrogens with zero attached hydrogens (tertiary/aromatic N) is 4. The second-order valence-electron chi connectivity index (χ2n) is 13.7. The molecule has 0 aliphatic rings. The lowest BCUT2D eigenvalue weighted by atomic mass is 9.92. The highest BCUT2D eigenvalue weighted by Crippen LogP contribution is 2.42. The quantitative estimate of drug-likeness (QED) is 0.166. The fraction of sp³-hybridized carbons (Fsp3) is 0. The van der Waals surface area contributed by atoms with E-state index >= 15 is 0 Å². The van der Waals surface area contributed by atoms with Crippen LogP contribution in [0.1, 0.15) is 0 Å². The predicted molar refractivity (Wildman–Crippen MR) is 227 cm³/mol. The molecule has 0 saturated carbocycles. The Morgan fingerprint density at radius 1 is 0.364 bits per heavy atom. The molecule has 0 unspecified atom stereocenters. The Morgan fingerprint density at radius 2 is 0.855 bits per heavy atom. The van der Waals surface area contributed by atoms with Gasteiger partial charge in [-0.2, -0.15) is 5.10 Å². The van der Waals surface area contributed by atoms with Gasteiger partial charge in [-0.25, -0.2) is 14.6 Å². The molecule has 55 heavy (non-hydrogen) atoms. The molecule has 0 aliphatic carbocycles. The first-order valence-electron chi connectivity index (χ1n) is 18.5. The molecule has 0 fully saturated rings. The Bertz CT molecular complexity index is 2870. The molecule has 2 aromatic heterocycles. The molecule has 0 spiro atoms. The van der Waals surface area contributed by atoms with Crippen molar-refractivity contribution < 1.29 is 0 Å². The van der Waals surface area contributed by atoms with E-state index in [0.717, 1.165) is 89.0 Å². The summed E-state index contributed by atoms with van der Waals surface area (Å²) in [5, 5.41) is 8.78. The van der Waals surface area contributed by atoms with Crippen molar-refractivity contribution in [3.05, 3.63) is 206 Å². The Labute approximate surface area is 319 Å². The average Bonchev–Trinajstić information content (AvgIpc) is 3.68. The van der Waals surface area contributed by atoms with Gasteiger partial charge in [-0.3, -0.25) is 0 Å². The van der Waals surface area contributed by atoms with Gasteiger partial charge >= 0.3 is 0 Å². The Hall–Kier alpha value is -7.43. The maximum Gasteiger partial charge on any atom is 0.160 e. The molecule has 0 saturated heterocycles. The van der Waals surface area contributed by atoms with Crippen LogP contribution < -0.4 is 0 Å². The first-order valence-corrected chi connectivity index (χ1v) is 18.5. The highest BCUT2D eigenvalue weighted by molar-refractivity contribution is 6.17. The lowest BCUT2D eigenvalue weighted by Crippen LogP contribution is -1.97. The third-order valence-electron chi connectivity index (χ3n) is 10.2. The first kappa shape index (κ1) is 32.2. The lowest BCUT2D eigenvalue weighted by molar-refractivity contribution is 0.918. The molecule has 0 N–H and O–H groups in total. The molecule has 8 aromatic carbocycles. The standard InChI is InChI=1S/C51H34N4/c1-6-16-36(17-7-1)45-33-42-32-41(30-31-44(42)50-48(45)49(39-20-10-3-11-21-39)54-55(50)43-24-14-5-15-25-43)35-26-28-38(29-27-35)47-34-46(37-18-8-2-9-19-37)52-51(53-47)40-22-12-4-13-23-40/h1-34H. The fourth-order valence-corrected chi connectivity index (χ4v) is 7.53. The van der Waals surface area contributed by atoms with Crippen LogP contribution in [0.5, 0.6) is 0 Å². The van der Waals surface area contributed by atoms with Crippen molar-refractivity contribution in [3.8, 4) is 73.1 Å². The summed E-state index contributed by atoms with van der Waals surface area (Å²) in [6.45, 7) is 0. The summed E-state index contributed by atoms with van der Waals surface area (Å²) in [4.78, 5) is 10.0. The normalized spacial score (nSPS) is 11.3. The van der Waals surface area contributed by atoms with E-state index in [1.54, 1.807) is 0 Å². The molecule has 2 heterocycles. The van der Waals surface area contributed by atoms with Crippen molar-refractivity contribution in [3.63, 3.8) is 0 Å². The Morgan fingerprint density at radius 3 is 1.47 bits per heavy atom. The second-order valence-corrected chi connectivity index (χ2v) is 13.7. The van der Waals surface area contributed by atoms with Gasteiger partial charge in [0.15, 0.2) is 5.82 Å². The molecule has 4 heteroatoms. The lowest BCUT2D eigenvalue weighted by Gasteiger charge is -2.13. The van der Waals surface area contributed by atoms with Gasteiger partial charge in [-0.1, -0.05) is 176 Å². The van der Waals surface area contributed by atoms with E-state index in [1.165, 1.54) is 0 Å². The summed E-state index contributed by atoms with van der Waals surface area (Å²) < 4.78 is 2.12. The van der Waals surface area contributed by atoms with Crippen LogP contribution in [-0.2, 0) is 0 Å². The third kappa shape index (κ3) is 6.06. The number of hydrogen-bond acceptors (Lipinski definition) is 3. The van der Waals surface area contributed by atoms with Crippen LogP contribution >= 0.6 is 0 Å². The van der Waals surface area contributed by atoms with Crippen LogP contribution in [0.25, 0.3) is 94.8 Å². The SMILES string of the molecule is c1ccc(-c2cc(-c3ccc(-c4ccc5c(c4)cc(-c4ccccc4)c4c(-c6ccccc6)nn(-c6ccccc6)c45)cc3)nc(-c3ccccc3)n2)cc1. The largest absolute Gasteiger partial charge is 0.232 e. The van der Waals surface area contributed by atoms with E-state index in [1.807, 2.05) is 42.5 Å². The molecule has 10 rings (SSSR count). The molecule has 0 aliphatic heterocycles. The number of aromatic nitrogens is 4. The van der Waals surface area contributed by atoms with Gasteiger partial charge in [0.05, 0.1) is 22.6 Å². The molecule has 0 radical (unpaired) electrons. The molecule has 0 bridgehead atoms. The van der Waals surface area contributed by atoms with Crippen LogP contribution in [0.3, 0.4) is 0 Å². The van der Waals surface area contributed by atoms with E-state index < -0.39 is 0 Å². The minimum Gasteiger partial charge on any atom is -0.232 e. The third-order valence-corrected chi connectivity index (χ3v) is 10.2. The monoisotopic (exact) mass is 702 g/mol. The van der Waals surface area contributed by atoms with Crippen molar-refractivity contribution in [1.82, 2.24) is 19.7 Å². The summed E-state index contributed by atoms with van der Waals surface area (Å²) >= 11 is 0. The first-order chi connectivity index (χ1) is 27.3. The van der Waals surface area contributed by atoms with Gasteiger partial charge in [-0.15, -0.1) is 0 Å². The van der Waals surface area contributed by atoms with Gasteiger partial charge in [0.25, 0.3) is 0 Å². The summed E-state index contributed by atoms with van der Waals surface area (Å²) in [7, 11) is 0. The summed E-state index contributed by atoms with van der Waals surface area (Å²) in [5.74, 6) is 0.709. The van der Waals surface area contributed by atoms with Crippen molar-refractivity contribution in [2.45, 2.75) is 0 Å². The van der Waals surface area contributed by atoms with E-state index in [2.05, 4.69) is 168 Å². The number of benzene rings is 8. The van der Waals surface area contributed by atoms with Crippen molar-refractivity contribution in [2.75, 3.05) is 0 Å². The van der Waals surface area contributed by atoms with Gasteiger partial charge < -0.3 is 0 Å². The van der Waals surface area contributed by atoms with E-state index in [0.29, 0.717) is 5.82 Å². The molecule has 258 valence electrons. The van der Waals surface area contributed by atoms with Crippen LogP contribution in [0, 0.1) is 0 Å². The number of rotatable bonds is 7. The van der Waals surface area contributed by atoms with E-state index in [-0.39, 0.29) is 0 Å². The Balaban J connectivity index is 1.12. The summed E-state index contributed by atoms with van der Waals surface area (Å²) in [5.41, 5.74) is 13.6. The van der Waals surface area contributed by atoms with Crippen LogP contribution in [0.4, 0.5) is 0 Å². The summed E-state index contributed by atoms with van der Waals surface area (Å²) in [6, 6.07) is 72.1. The van der Waals surface area contributed by atoms with Crippen LogP contribution in [0.15, 0.2) is 206 Å². The fourth-order valence-electron chi connectivity index (χ4n) is 7.53. The van der Waals surface area contributed by atoms with Crippen molar-refractivity contribution >= 4 is 21.7 Å². The van der Waals surface area contributed by atoms with E-state index in [4.69, 9.17) is 15.1 Å². The average molecular weight is 703 g/mol. The minimum atomic E-state index is 0.709. The highest BCUT2D eigenvalue weighted by atomic mass is 15.3. The Kier molecular flexibility index (Phi) is 8.12. The molecule has 10 aromatic rings. The van der Waals surface area contributed by atoms with Crippen LogP contribution in [-0.4, -0.2) is 19.7 Å². The van der Waals surface area contributed by atoms with Gasteiger partial charge in [0.1, 0.15) is 5.69 Å². The maximum absolute atomic E-state index is 5.34. The molecular weight excluding hydrogens is 669 g/mol. The predicted octanol–water partition coefficient (Wildman–Crippen LogP) is 13.0. The topological polar surface area (TPSA) is 43.6 Å². The molecule has 4 nitrogen and oxygen atoms in total. The minimum absolute atomic E-state index is 0.709.